The molecule has 0 amide bonds. The summed E-state index contributed by atoms with van der Waals surface area (Å²) >= 11 is 0. The minimum atomic E-state index is 0. The Morgan fingerprint density at radius 3 is 1.44 bits per heavy atom. The standard InChI is InChI=1S/C8H18.H2O/c1-7(2)6-8(3,4)5;/h7H,6H2,1-5H3;1H2. The molecule has 0 fully saturated rings. The monoisotopic (exact) mass is 132 g/mol. The summed E-state index contributed by atoms with van der Waals surface area (Å²) in [5.74, 6) is 0.843. The van der Waals surface area contributed by atoms with Gasteiger partial charge in [-0.15, -0.1) is 0 Å². The summed E-state index contributed by atoms with van der Waals surface area (Å²) < 4.78 is 0. The van der Waals surface area contributed by atoms with E-state index in [-0.39, 0.29) is 5.48 Å². The maximum absolute atomic E-state index is 2.28. The molecule has 0 unspecified atom stereocenters. The van der Waals surface area contributed by atoms with Gasteiger partial charge in [-0.2, -0.15) is 0 Å². The molecule has 0 aromatic carbocycles. The Morgan fingerprint density at radius 2 is 1.44 bits per heavy atom. The number of rotatable bonds is 1. The smallest absolute Gasteiger partial charge is 0.0380 e. The summed E-state index contributed by atoms with van der Waals surface area (Å²) in [7, 11) is 0. The van der Waals surface area contributed by atoms with Crippen molar-refractivity contribution in [3.63, 3.8) is 0 Å². The molecule has 0 rings (SSSR count). The summed E-state index contributed by atoms with van der Waals surface area (Å²) in [5.41, 5.74) is 0.522. The quantitative estimate of drug-likeness (QED) is 0.524. The Labute approximate surface area is 58.8 Å². The first-order valence-corrected chi connectivity index (χ1v) is 3.42. The van der Waals surface area contributed by atoms with E-state index in [1.165, 1.54) is 6.42 Å². The third-order valence-corrected chi connectivity index (χ3v) is 1.02. The van der Waals surface area contributed by atoms with Gasteiger partial charge in [0.25, 0.3) is 0 Å². The number of hydrogen-bond acceptors (Lipinski definition) is 0. The van der Waals surface area contributed by atoms with E-state index in [2.05, 4.69) is 34.6 Å². The maximum atomic E-state index is 2.28. The van der Waals surface area contributed by atoms with Crippen molar-refractivity contribution >= 4 is 0 Å². The topological polar surface area (TPSA) is 31.5 Å². The summed E-state index contributed by atoms with van der Waals surface area (Å²) in [6.07, 6.45) is 1.33. The van der Waals surface area contributed by atoms with Crippen LogP contribution >= 0.6 is 0 Å². The zero-order valence-electron chi connectivity index (χ0n) is 7.28. The highest BCUT2D eigenvalue weighted by Gasteiger charge is 2.11. The Balaban J connectivity index is 0. The van der Waals surface area contributed by atoms with Crippen LogP contribution in [0.4, 0.5) is 0 Å². The van der Waals surface area contributed by atoms with Crippen molar-refractivity contribution in [1.29, 1.82) is 0 Å². The Morgan fingerprint density at radius 1 is 1.11 bits per heavy atom. The molecule has 0 aromatic rings. The average Bonchev–Trinajstić information content (AvgIpc) is 1.21. The highest BCUT2D eigenvalue weighted by atomic mass is 16.0. The molecule has 0 saturated carbocycles. The molecular weight excluding hydrogens is 112 g/mol. The van der Waals surface area contributed by atoms with E-state index in [1.54, 1.807) is 0 Å². The molecular formula is C8H20O. The molecule has 0 heterocycles. The molecule has 0 aliphatic heterocycles. The van der Waals surface area contributed by atoms with Gasteiger partial charge in [0.2, 0.25) is 0 Å². The molecule has 0 aromatic heterocycles. The van der Waals surface area contributed by atoms with E-state index in [4.69, 9.17) is 0 Å². The second-order valence-electron chi connectivity index (χ2n) is 4.16. The molecule has 0 radical (unpaired) electrons. The lowest BCUT2D eigenvalue weighted by Gasteiger charge is -2.19. The number of hydrogen-bond donors (Lipinski definition) is 0. The Kier molecular flexibility index (Phi) is 5.06. The van der Waals surface area contributed by atoms with E-state index >= 15 is 0 Å². The fourth-order valence-corrected chi connectivity index (χ4v) is 1.22. The first kappa shape index (κ1) is 11.7. The van der Waals surface area contributed by atoms with E-state index in [0.717, 1.165) is 5.92 Å². The zero-order valence-corrected chi connectivity index (χ0v) is 7.28. The van der Waals surface area contributed by atoms with Crippen LogP contribution in [0.15, 0.2) is 0 Å². The molecule has 0 aliphatic carbocycles. The largest absolute Gasteiger partial charge is 0.412 e. The fourth-order valence-electron chi connectivity index (χ4n) is 1.22. The van der Waals surface area contributed by atoms with Gasteiger partial charge in [0.1, 0.15) is 0 Å². The molecule has 0 bridgehead atoms. The average molecular weight is 132 g/mol. The van der Waals surface area contributed by atoms with Crippen LogP contribution < -0.4 is 0 Å². The van der Waals surface area contributed by atoms with Crippen molar-refractivity contribution < 1.29 is 5.48 Å². The van der Waals surface area contributed by atoms with Gasteiger partial charge in [-0.1, -0.05) is 34.6 Å². The van der Waals surface area contributed by atoms with Crippen molar-refractivity contribution in [3.05, 3.63) is 0 Å². The van der Waals surface area contributed by atoms with E-state index in [1.807, 2.05) is 0 Å². The van der Waals surface area contributed by atoms with Crippen LogP contribution in [0.1, 0.15) is 41.0 Å². The van der Waals surface area contributed by atoms with Crippen LogP contribution in [-0.2, 0) is 0 Å². The van der Waals surface area contributed by atoms with Crippen LogP contribution in [0, 0.1) is 11.3 Å². The summed E-state index contributed by atoms with van der Waals surface area (Å²) in [6.45, 7) is 11.4. The lowest BCUT2D eigenvalue weighted by molar-refractivity contribution is 0.320. The van der Waals surface area contributed by atoms with E-state index in [0.29, 0.717) is 5.41 Å². The van der Waals surface area contributed by atoms with Crippen molar-refractivity contribution in [1.82, 2.24) is 0 Å². The molecule has 2 N–H and O–H groups in total. The molecule has 9 heavy (non-hydrogen) atoms. The van der Waals surface area contributed by atoms with Gasteiger partial charge in [-0.3, -0.25) is 0 Å². The minimum Gasteiger partial charge on any atom is -0.412 e. The predicted molar refractivity (Wildman–Crippen MR) is 42.5 cm³/mol. The first-order valence-electron chi connectivity index (χ1n) is 3.42. The lowest BCUT2D eigenvalue weighted by atomic mass is 9.86. The molecule has 1 heteroatoms. The Hall–Kier alpha value is -0.0400. The summed E-state index contributed by atoms with van der Waals surface area (Å²) in [5, 5.41) is 0. The van der Waals surface area contributed by atoms with Crippen molar-refractivity contribution in [3.8, 4) is 0 Å². The highest BCUT2D eigenvalue weighted by molar-refractivity contribution is 4.62. The van der Waals surface area contributed by atoms with Gasteiger partial charge in [-0.25, -0.2) is 0 Å². The van der Waals surface area contributed by atoms with Gasteiger partial charge in [0.05, 0.1) is 0 Å². The van der Waals surface area contributed by atoms with Crippen LogP contribution in [0.2, 0.25) is 0 Å². The molecule has 0 spiro atoms. The zero-order chi connectivity index (χ0) is 6.78. The maximum Gasteiger partial charge on any atom is -0.0380 e. The third kappa shape index (κ3) is 11.5. The van der Waals surface area contributed by atoms with Crippen molar-refractivity contribution in [2.75, 3.05) is 0 Å². The van der Waals surface area contributed by atoms with Crippen LogP contribution in [0.5, 0.6) is 0 Å². The van der Waals surface area contributed by atoms with Crippen LogP contribution in [0.3, 0.4) is 0 Å². The predicted octanol–water partition coefficient (Wildman–Crippen LogP) is 2.25. The SMILES string of the molecule is CC(C)CC(C)(C)C.O. The van der Waals surface area contributed by atoms with E-state index < -0.39 is 0 Å². The summed E-state index contributed by atoms with van der Waals surface area (Å²) in [6, 6.07) is 0. The molecule has 0 saturated heterocycles. The van der Waals surface area contributed by atoms with Gasteiger partial charge in [0, 0.05) is 0 Å². The van der Waals surface area contributed by atoms with E-state index in [9.17, 15) is 0 Å². The first-order chi connectivity index (χ1) is 3.42. The second-order valence-corrected chi connectivity index (χ2v) is 4.16. The second kappa shape index (κ2) is 3.89. The normalized spacial score (nSPS) is 11.3. The van der Waals surface area contributed by atoms with Gasteiger partial charge < -0.3 is 5.48 Å². The van der Waals surface area contributed by atoms with Crippen molar-refractivity contribution in [2.45, 2.75) is 41.0 Å². The molecule has 1 nitrogen and oxygen atoms in total. The molecule has 0 aliphatic rings. The molecule has 58 valence electrons. The molecule has 0 atom stereocenters. The van der Waals surface area contributed by atoms with Gasteiger partial charge in [0.15, 0.2) is 0 Å². The Bertz CT molecular complexity index is 59.5. The van der Waals surface area contributed by atoms with Gasteiger partial charge in [-0.05, 0) is 17.8 Å². The summed E-state index contributed by atoms with van der Waals surface area (Å²) in [4.78, 5) is 0. The van der Waals surface area contributed by atoms with Crippen LogP contribution in [-0.4, -0.2) is 5.48 Å². The highest BCUT2D eigenvalue weighted by Crippen LogP contribution is 2.23. The van der Waals surface area contributed by atoms with Crippen LogP contribution in [0.25, 0.3) is 0 Å². The fraction of sp³-hybridized carbons (Fsp3) is 1.00. The lowest BCUT2D eigenvalue weighted by Crippen LogP contribution is -2.08. The third-order valence-electron chi connectivity index (χ3n) is 1.02. The van der Waals surface area contributed by atoms with Gasteiger partial charge >= 0.3 is 0 Å². The van der Waals surface area contributed by atoms with Crippen molar-refractivity contribution in [2.24, 2.45) is 11.3 Å². The minimum absolute atomic E-state index is 0.